The van der Waals surface area contributed by atoms with Gasteiger partial charge in [-0.05, 0) is 65.5 Å². The fourth-order valence-electron chi connectivity index (χ4n) is 3.92. The highest BCUT2D eigenvalue weighted by Gasteiger charge is 2.21. The van der Waals surface area contributed by atoms with Crippen LogP contribution in [0.15, 0.2) is 48.7 Å². The first-order chi connectivity index (χ1) is 12.2. The lowest BCUT2D eigenvalue weighted by Crippen LogP contribution is -2.24. The third-order valence-corrected chi connectivity index (χ3v) is 5.21. The van der Waals surface area contributed by atoms with Gasteiger partial charge in [-0.25, -0.2) is 4.79 Å². The monoisotopic (exact) mass is 334 g/mol. The van der Waals surface area contributed by atoms with Crippen LogP contribution in [-0.2, 0) is 13.0 Å². The Morgan fingerprint density at radius 2 is 2.16 bits per heavy atom. The molecular weight excluding hydrogens is 312 g/mol. The summed E-state index contributed by atoms with van der Waals surface area (Å²) in [5, 5.41) is 14.1. The molecule has 3 N–H and O–H groups in total. The molecule has 4 nitrogen and oxygen atoms in total. The molecule has 1 heterocycles. The predicted octanol–water partition coefficient (Wildman–Crippen LogP) is 4.08. The minimum Gasteiger partial charge on any atom is -0.478 e. The summed E-state index contributed by atoms with van der Waals surface area (Å²) in [7, 11) is 0. The van der Waals surface area contributed by atoms with E-state index in [4.69, 9.17) is 0 Å². The Hall–Kier alpha value is -2.59. The average Bonchev–Trinajstić information content (AvgIpc) is 3.11. The average molecular weight is 334 g/mol. The van der Waals surface area contributed by atoms with Gasteiger partial charge in [0.05, 0.1) is 5.56 Å². The first kappa shape index (κ1) is 15.9. The third-order valence-electron chi connectivity index (χ3n) is 5.21. The van der Waals surface area contributed by atoms with Crippen LogP contribution in [0.4, 0.5) is 0 Å². The fourth-order valence-corrected chi connectivity index (χ4v) is 3.92. The van der Waals surface area contributed by atoms with E-state index in [9.17, 15) is 9.90 Å². The molecule has 4 rings (SSSR count). The Bertz CT molecular complexity index is 913. The number of benzene rings is 2. The zero-order chi connectivity index (χ0) is 17.2. The van der Waals surface area contributed by atoms with E-state index in [1.807, 2.05) is 18.3 Å². The number of aromatic amines is 1. The molecule has 0 saturated heterocycles. The van der Waals surface area contributed by atoms with Gasteiger partial charge in [0.2, 0.25) is 0 Å². The number of para-hydroxylation sites is 1. The molecule has 0 aliphatic heterocycles. The normalized spacial score (nSPS) is 16.7. The van der Waals surface area contributed by atoms with Gasteiger partial charge in [-0.1, -0.05) is 24.3 Å². The second-order valence-electron chi connectivity index (χ2n) is 6.80. The SMILES string of the molecule is O=C(O)c1ccc2c(c1)C(CNCc1cccc3cc[nH]c13)CCC2. The molecule has 1 aromatic heterocycles. The number of aromatic nitrogens is 1. The Kier molecular flexibility index (Phi) is 4.28. The van der Waals surface area contributed by atoms with E-state index < -0.39 is 5.97 Å². The van der Waals surface area contributed by atoms with E-state index >= 15 is 0 Å². The fraction of sp³-hybridized carbons (Fsp3) is 0.286. The molecule has 1 aliphatic rings. The number of carboxylic acids is 1. The molecule has 1 atom stereocenters. The molecule has 3 aromatic rings. The summed E-state index contributed by atoms with van der Waals surface area (Å²) in [4.78, 5) is 14.6. The smallest absolute Gasteiger partial charge is 0.335 e. The number of carbonyl (C=O) groups is 1. The molecule has 0 saturated carbocycles. The number of nitrogens with one attached hydrogen (secondary N) is 2. The zero-order valence-corrected chi connectivity index (χ0v) is 14.1. The molecule has 128 valence electrons. The maximum atomic E-state index is 11.3. The van der Waals surface area contributed by atoms with Crippen LogP contribution in [0.5, 0.6) is 0 Å². The number of rotatable bonds is 5. The third kappa shape index (κ3) is 3.17. The number of hydrogen-bond donors (Lipinski definition) is 3. The van der Waals surface area contributed by atoms with E-state index in [1.54, 1.807) is 6.07 Å². The molecule has 1 aliphatic carbocycles. The van der Waals surface area contributed by atoms with Crippen LogP contribution < -0.4 is 5.32 Å². The van der Waals surface area contributed by atoms with Crippen molar-refractivity contribution in [1.29, 1.82) is 0 Å². The molecule has 0 fully saturated rings. The van der Waals surface area contributed by atoms with E-state index in [-0.39, 0.29) is 0 Å². The highest BCUT2D eigenvalue weighted by atomic mass is 16.4. The summed E-state index contributed by atoms with van der Waals surface area (Å²) in [5.41, 5.74) is 5.35. The van der Waals surface area contributed by atoms with Gasteiger partial charge in [0, 0.05) is 24.8 Å². The van der Waals surface area contributed by atoms with Gasteiger partial charge in [0.1, 0.15) is 0 Å². The summed E-state index contributed by atoms with van der Waals surface area (Å²) >= 11 is 0. The van der Waals surface area contributed by atoms with Crippen molar-refractivity contribution < 1.29 is 9.90 Å². The molecule has 1 unspecified atom stereocenters. The summed E-state index contributed by atoms with van der Waals surface area (Å²) in [6.07, 6.45) is 5.29. The van der Waals surface area contributed by atoms with Gasteiger partial charge in [-0.3, -0.25) is 0 Å². The van der Waals surface area contributed by atoms with Gasteiger partial charge in [0.15, 0.2) is 0 Å². The van der Waals surface area contributed by atoms with Gasteiger partial charge in [-0.2, -0.15) is 0 Å². The van der Waals surface area contributed by atoms with Gasteiger partial charge in [0.25, 0.3) is 0 Å². The van der Waals surface area contributed by atoms with Crippen LogP contribution in [-0.4, -0.2) is 22.6 Å². The number of aryl methyl sites for hydroxylation is 1. The lowest BCUT2D eigenvalue weighted by atomic mass is 9.82. The summed E-state index contributed by atoms with van der Waals surface area (Å²) in [6, 6.07) is 14.0. The van der Waals surface area contributed by atoms with Crippen LogP contribution in [0.2, 0.25) is 0 Å². The van der Waals surface area contributed by atoms with Crippen LogP contribution >= 0.6 is 0 Å². The number of fused-ring (bicyclic) bond motifs is 2. The number of aromatic carboxylic acids is 1. The second-order valence-corrected chi connectivity index (χ2v) is 6.80. The Balaban J connectivity index is 1.48. The predicted molar refractivity (Wildman–Crippen MR) is 99.1 cm³/mol. The lowest BCUT2D eigenvalue weighted by Gasteiger charge is -2.26. The van der Waals surface area contributed by atoms with Crippen molar-refractivity contribution in [3.8, 4) is 0 Å². The second kappa shape index (κ2) is 6.73. The lowest BCUT2D eigenvalue weighted by molar-refractivity contribution is 0.0696. The van der Waals surface area contributed by atoms with Gasteiger partial charge >= 0.3 is 5.97 Å². The largest absolute Gasteiger partial charge is 0.478 e. The van der Waals surface area contributed by atoms with E-state index in [0.717, 1.165) is 32.4 Å². The zero-order valence-electron chi connectivity index (χ0n) is 14.1. The first-order valence-corrected chi connectivity index (χ1v) is 8.84. The molecule has 0 amide bonds. The van der Waals surface area contributed by atoms with Crippen molar-refractivity contribution in [2.24, 2.45) is 0 Å². The molecular formula is C21H22N2O2. The Labute approximate surface area is 146 Å². The van der Waals surface area contributed by atoms with Crippen molar-refractivity contribution in [1.82, 2.24) is 10.3 Å². The van der Waals surface area contributed by atoms with Crippen molar-refractivity contribution in [2.75, 3.05) is 6.54 Å². The van der Waals surface area contributed by atoms with Gasteiger partial charge in [-0.15, -0.1) is 0 Å². The summed E-state index contributed by atoms with van der Waals surface area (Å²) < 4.78 is 0. The van der Waals surface area contributed by atoms with Crippen LogP contribution in [0.25, 0.3) is 10.9 Å². The molecule has 4 heteroatoms. The van der Waals surface area contributed by atoms with Crippen molar-refractivity contribution in [3.63, 3.8) is 0 Å². The summed E-state index contributed by atoms with van der Waals surface area (Å²) in [5.74, 6) is -0.468. The first-order valence-electron chi connectivity index (χ1n) is 8.84. The van der Waals surface area contributed by atoms with E-state index in [2.05, 4.69) is 34.6 Å². The number of H-pyrrole nitrogens is 1. The number of carboxylic acid groups (broad SMARTS) is 1. The van der Waals surface area contributed by atoms with E-state index in [0.29, 0.717) is 11.5 Å². The van der Waals surface area contributed by atoms with Crippen molar-refractivity contribution in [2.45, 2.75) is 31.7 Å². The maximum Gasteiger partial charge on any atom is 0.335 e. The highest BCUT2D eigenvalue weighted by Crippen LogP contribution is 2.32. The molecule has 25 heavy (non-hydrogen) atoms. The van der Waals surface area contributed by atoms with Crippen molar-refractivity contribution >= 4 is 16.9 Å². The van der Waals surface area contributed by atoms with E-state index in [1.165, 1.54) is 27.6 Å². The minimum atomic E-state index is -0.849. The Morgan fingerprint density at radius 3 is 3.04 bits per heavy atom. The van der Waals surface area contributed by atoms with Crippen LogP contribution in [0.3, 0.4) is 0 Å². The topological polar surface area (TPSA) is 65.1 Å². The van der Waals surface area contributed by atoms with Crippen molar-refractivity contribution in [3.05, 3.63) is 70.9 Å². The summed E-state index contributed by atoms with van der Waals surface area (Å²) in [6.45, 7) is 1.68. The Morgan fingerprint density at radius 1 is 1.24 bits per heavy atom. The molecule has 0 spiro atoms. The maximum absolute atomic E-state index is 11.3. The van der Waals surface area contributed by atoms with Crippen LogP contribution in [0, 0.1) is 0 Å². The molecule has 0 bridgehead atoms. The standard InChI is InChI=1S/C21H22N2O2/c24-21(25)16-8-7-14-3-1-5-17(19(14)11-16)12-22-13-18-6-2-4-15-9-10-23-20(15)18/h2,4,6-11,17,22-23H,1,3,5,12-13H2,(H,24,25). The van der Waals surface area contributed by atoms with Crippen LogP contribution in [0.1, 0.15) is 45.8 Å². The molecule has 2 aromatic carbocycles. The minimum absolute atomic E-state index is 0.380. The molecule has 0 radical (unpaired) electrons. The van der Waals surface area contributed by atoms with Gasteiger partial charge < -0.3 is 15.4 Å². The highest BCUT2D eigenvalue weighted by molar-refractivity contribution is 5.88. The number of hydrogen-bond acceptors (Lipinski definition) is 2. The quantitative estimate of drug-likeness (QED) is 0.659.